The molecule has 2 atom stereocenters. The van der Waals surface area contributed by atoms with Crippen LogP contribution in [0.1, 0.15) is 0 Å². The Labute approximate surface area is 63.6 Å². The second-order valence-electron chi connectivity index (χ2n) is 2.48. The third kappa shape index (κ3) is 1.59. The molecule has 1 saturated heterocycles. The fraction of sp³-hybridized carbons (Fsp3) is 0.833. The Morgan fingerprint density at radius 3 is 2.64 bits per heavy atom. The molecule has 1 aliphatic heterocycles. The predicted molar refractivity (Wildman–Crippen MR) is 35.3 cm³/mol. The highest BCUT2D eigenvalue weighted by atomic mass is 19.1. The maximum absolute atomic E-state index is 12.8. The van der Waals surface area contributed by atoms with Crippen molar-refractivity contribution < 1.29 is 19.0 Å². The molecule has 1 aliphatic rings. The molecule has 0 aromatic rings. The van der Waals surface area contributed by atoms with Crippen molar-refractivity contribution in [3.8, 4) is 0 Å². The summed E-state index contributed by atoms with van der Waals surface area (Å²) in [4.78, 5) is 11.3. The molecule has 1 rings (SSSR count). The molecule has 0 bridgehead atoms. The summed E-state index contributed by atoms with van der Waals surface area (Å²) in [6, 6.07) is 0. The smallest absolute Gasteiger partial charge is 0.407 e. The van der Waals surface area contributed by atoms with Crippen molar-refractivity contribution >= 4 is 6.09 Å². The summed E-state index contributed by atoms with van der Waals surface area (Å²) in [7, 11) is 1.38. The van der Waals surface area contributed by atoms with E-state index in [2.05, 4.69) is 0 Å². The quantitative estimate of drug-likeness (QED) is 0.606. The molecular weight excluding hydrogens is 153 g/mol. The van der Waals surface area contributed by atoms with Crippen molar-refractivity contribution in [2.24, 2.45) is 0 Å². The SMILES string of the molecule is CO[C@@H]1CN(C(=O)O)CC1F. The number of nitrogens with zero attached hydrogens (tertiary/aromatic N) is 1. The molecule has 1 N–H and O–H groups in total. The summed E-state index contributed by atoms with van der Waals surface area (Å²) < 4.78 is 17.5. The van der Waals surface area contributed by atoms with Gasteiger partial charge in [0.1, 0.15) is 12.3 Å². The second-order valence-corrected chi connectivity index (χ2v) is 2.48. The van der Waals surface area contributed by atoms with Crippen LogP contribution in [0.4, 0.5) is 9.18 Å². The van der Waals surface area contributed by atoms with E-state index in [0.717, 1.165) is 4.90 Å². The van der Waals surface area contributed by atoms with Crippen LogP contribution >= 0.6 is 0 Å². The molecule has 5 heteroatoms. The van der Waals surface area contributed by atoms with Gasteiger partial charge in [0.05, 0.1) is 13.1 Å². The van der Waals surface area contributed by atoms with Crippen LogP contribution in [0.2, 0.25) is 0 Å². The van der Waals surface area contributed by atoms with Crippen LogP contribution in [0.25, 0.3) is 0 Å². The molecular formula is C6H10FNO3. The van der Waals surface area contributed by atoms with Crippen molar-refractivity contribution in [3.63, 3.8) is 0 Å². The third-order valence-corrected chi connectivity index (χ3v) is 1.77. The highest BCUT2D eigenvalue weighted by molar-refractivity contribution is 5.65. The molecule has 0 spiro atoms. The van der Waals surface area contributed by atoms with E-state index >= 15 is 0 Å². The van der Waals surface area contributed by atoms with Crippen LogP contribution in [-0.4, -0.2) is 48.6 Å². The monoisotopic (exact) mass is 163 g/mol. The molecule has 64 valence electrons. The molecule has 0 saturated carbocycles. The lowest BCUT2D eigenvalue weighted by molar-refractivity contribution is 0.0621. The average Bonchev–Trinajstić information content (AvgIpc) is 2.31. The Balaban J connectivity index is 2.49. The fourth-order valence-electron chi connectivity index (χ4n) is 1.11. The highest BCUT2D eigenvalue weighted by Crippen LogP contribution is 2.15. The minimum atomic E-state index is -1.18. The molecule has 0 radical (unpaired) electrons. The topological polar surface area (TPSA) is 49.8 Å². The summed E-state index contributed by atoms with van der Waals surface area (Å²) in [5.74, 6) is 0. The lowest BCUT2D eigenvalue weighted by atomic mass is 10.3. The number of ether oxygens (including phenoxy) is 1. The van der Waals surface area contributed by atoms with E-state index in [1.54, 1.807) is 0 Å². The number of carboxylic acid groups (broad SMARTS) is 1. The molecule has 1 heterocycles. The Hall–Kier alpha value is -0.840. The van der Waals surface area contributed by atoms with Crippen LogP contribution in [0.5, 0.6) is 0 Å². The van der Waals surface area contributed by atoms with Gasteiger partial charge in [-0.2, -0.15) is 0 Å². The number of likely N-dealkylation sites (tertiary alicyclic amines) is 1. The summed E-state index contributed by atoms with van der Waals surface area (Å²) in [6.07, 6.45) is -2.87. The molecule has 0 aromatic heterocycles. The molecule has 11 heavy (non-hydrogen) atoms. The summed E-state index contributed by atoms with van der Waals surface area (Å²) in [5, 5.41) is 8.45. The minimum absolute atomic E-state index is 0.0756. The van der Waals surface area contributed by atoms with Gasteiger partial charge in [0.15, 0.2) is 0 Å². The minimum Gasteiger partial charge on any atom is -0.465 e. The zero-order valence-corrected chi connectivity index (χ0v) is 6.16. The predicted octanol–water partition coefficient (Wildman–Crippen LogP) is 0.333. The maximum Gasteiger partial charge on any atom is 0.407 e. The normalized spacial score (nSPS) is 30.9. The fourth-order valence-corrected chi connectivity index (χ4v) is 1.11. The average molecular weight is 163 g/mol. The van der Waals surface area contributed by atoms with Crippen LogP contribution < -0.4 is 0 Å². The highest BCUT2D eigenvalue weighted by Gasteiger charge is 2.35. The van der Waals surface area contributed by atoms with Gasteiger partial charge in [0, 0.05) is 7.11 Å². The first kappa shape index (κ1) is 8.26. The van der Waals surface area contributed by atoms with Crippen molar-refractivity contribution in [1.29, 1.82) is 0 Å². The van der Waals surface area contributed by atoms with E-state index in [4.69, 9.17) is 9.84 Å². The number of methoxy groups -OCH3 is 1. The second kappa shape index (κ2) is 3.04. The van der Waals surface area contributed by atoms with Gasteiger partial charge in [-0.05, 0) is 0 Å². The van der Waals surface area contributed by atoms with Crippen LogP contribution in [0, 0.1) is 0 Å². The zero-order chi connectivity index (χ0) is 8.43. The van der Waals surface area contributed by atoms with Crippen molar-refractivity contribution in [2.75, 3.05) is 20.2 Å². The van der Waals surface area contributed by atoms with Gasteiger partial charge in [-0.15, -0.1) is 0 Å². The van der Waals surface area contributed by atoms with E-state index in [9.17, 15) is 9.18 Å². The van der Waals surface area contributed by atoms with Crippen molar-refractivity contribution in [2.45, 2.75) is 12.3 Å². The van der Waals surface area contributed by atoms with Crippen LogP contribution in [0.3, 0.4) is 0 Å². The molecule has 0 aromatic carbocycles. The van der Waals surface area contributed by atoms with Gasteiger partial charge < -0.3 is 14.7 Å². The Bertz CT molecular complexity index is 164. The van der Waals surface area contributed by atoms with Gasteiger partial charge in [-0.3, -0.25) is 0 Å². The standard InChI is InChI=1S/C6H10FNO3/c1-11-5-3-8(6(9)10)2-4(5)7/h4-5H,2-3H2,1H3,(H,9,10)/t4?,5-/m1/s1. The van der Waals surface area contributed by atoms with Gasteiger partial charge in [0.2, 0.25) is 0 Å². The van der Waals surface area contributed by atoms with E-state index < -0.39 is 18.4 Å². The van der Waals surface area contributed by atoms with Gasteiger partial charge in [-0.25, -0.2) is 9.18 Å². The molecule has 1 fully saturated rings. The maximum atomic E-state index is 12.8. The largest absolute Gasteiger partial charge is 0.465 e. The third-order valence-electron chi connectivity index (χ3n) is 1.77. The van der Waals surface area contributed by atoms with Crippen LogP contribution in [0.15, 0.2) is 0 Å². The summed E-state index contributed by atoms with van der Waals surface area (Å²) in [5.41, 5.74) is 0. The summed E-state index contributed by atoms with van der Waals surface area (Å²) in [6.45, 7) is 0.0564. The van der Waals surface area contributed by atoms with Gasteiger partial charge in [-0.1, -0.05) is 0 Å². The Kier molecular flexibility index (Phi) is 2.28. The first-order chi connectivity index (χ1) is 5.15. The van der Waals surface area contributed by atoms with E-state index in [1.165, 1.54) is 7.11 Å². The number of carbonyl (C=O) groups is 1. The number of halogens is 1. The molecule has 4 nitrogen and oxygen atoms in total. The van der Waals surface area contributed by atoms with E-state index in [0.29, 0.717) is 0 Å². The van der Waals surface area contributed by atoms with Gasteiger partial charge in [0.25, 0.3) is 0 Å². The lowest BCUT2D eigenvalue weighted by Crippen LogP contribution is -2.27. The van der Waals surface area contributed by atoms with Crippen molar-refractivity contribution in [3.05, 3.63) is 0 Å². The molecule has 1 unspecified atom stereocenters. The number of alkyl halides is 1. The Morgan fingerprint density at radius 2 is 2.36 bits per heavy atom. The molecule has 1 amide bonds. The van der Waals surface area contributed by atoms with E-state index in [-0.39, 0.29) is 13.1 Å². The lowest BCUT2D eigenvalue weighted by Gasteiger charge is -2.09. The van der Waals surface area contributed by atoms with E-state index in [1.807, 2.05) is 0 Å². The first-order valence-electron chi connectivity index (χ1n) is 3.30. The number of hydrogen-bond donors (Lipinski definition) is 1. The number of amides is 1. The first-order valence-corrected chi connectivity index (χ1v) is 3.30. The molecule has 0 aliphatic carbocycles. The van der Waals surface area contributed by atoms with Crippen molar-refractivity contribution in [1.82, 2.24) is 4.90 Å². The Morgan fingerprint density at radius 1 is 1.73 bits per heavy atom. The number of hydrogen-bond acceptors (Lipinski definition) is 2. The zero-order valence-electron chi connectivity index (χ0n) is 6.16. The van der Waals surface area contributed by atoms with Crippen LogP contribution in [-0.2, 0) is 4.74 Å². The van der Waals surface area contributed by atoms with Gasteiger partial charge >= 0.3 is 6.09 Å². The summed E-state index contributed by atoms with van der Waals surface area (Å²) >= 11 is 0. The number of rotatable bonds is 1.